The molecule has 1 fully saturated rings. The zero-order chi connectivity index (χ0) is 17.5. The molecule has 0 aromatic heterocycles. The van der Waals surface area contributed by atoms with Gasteiger partial charge in [0, 0.05) is 30.4 Å². The SMILES string of the molecule is CC(C)NC(=O)c1cccc(NCC(=O)N(C)C2CCCCC2)c1. The number of carbonyl (C=O) groups is 2. The molecule has 1 aliphatic carbocycles. The minimum Gasteiger partial charge on any atom is -0.376 e. The molecule has 1 aromatic carbocycles. The van der Waals surface area contributed by atoms with Crippen molar-refractivity contribution < 1.29 is 9.59 Å². The van der Waals surface area contributed by atoms with Crippen LogP contribution in [-0.4, -0.2) is 42.4 Å². The molecule has 0 atom stereocenters. The third kappa shape index (κ3) is 5.25. The summed E-state index contributed by atoms with van der Waals surface area (Å²) in [6.07, 6.45) is 5.91. The zero-order valence-electron chi connectivity index (χ0n) is 15.0. The van der Waals surface area contributed by atoms with Crippen molar-refractivity contribution in [2.75, 3.05) is 18.9 Å². The third-order valence-electron chi connectivity index (χ3n) is 4.50. The van der Waals surface area contributed by atoms with Gasteiger partial charge >= 0.3 is 0 Å². The molecular weight excluding hydrogens is 302 g/mol. The van der Waals surface area contributed by atoms with Gasteiger partial charge in [0.25, 0.3) is 5.91 Å². The van der Waals surface area contributed by atoms with Gasteiger partial charge in [-0.25, -0.2) is 0 Å². The summed E-state index contributed by atoms with van der Waals surface area (Å²) >= 11 is 0. The lowest BCUT2D eigenvalue weighted by Gasteiger charge is -2.31. The Morgan fingerprint density at radius 2 is 1.92 bits per heavy atom. The highest BCUT2D eigenvalue weighted by Gasteiger charge is 2.21. The normalized spacial score (nSPS) is 15.2. The largest absolute Gasteiger partial charge is 0.376 e. The third-order valence-corrected chi connectivity index (χ3v) is 4.50. The Morgan fingerprint density at radius 1 is 1.21 bits per heavy atom. The Labute approximate surface area is 144 Å². The zero-order valence-corrected chi connectivity index (χ0v) is 15.0. The van der Waals surface area contributed by atoms with Gasteiger partial charge in [-0.1, -0.05) is 25.3 Å². The molecule has 0 bridgehead atoms. The molecular formula is C19H29N3O2. The molecule has 1 aliphatic rings. The first kappa shape index (κ1) is 18.3. The van der Waals surface area contributed by atoms with E-state index in [9.17, 15) is 9.59 Å². The Kier molecular flexibility index (Phi) is 6.64. The molecule has 0 unspecified atom stereocenters. The fraction of sp³-hybridized carbons (Fsp3) is 0.579. The Morgan fingerprint density at radius 3 is 2.58 bits per heavy atom. The highest BCUT2D eigenvalue weighted by Crippen LogP contribution is 2.21. The van der Waals surface area contributed by atoms with Crippen LogP contribution in [0.2, 0.25) is 0 Å². The van der Waals surface area contributed by atoms with Crippen molar-refractivity contribution in [1.29, 1.82) is 0 Å². The lowest BCUT2D eigenvalue weighted by atomic mass is 9.94. The van der Waals surface area contributed by atoms with Gasteiger partial charge < -0.3 is 15.5 Å². The van der Waals surface area contributed by atoms with Crippen molar-refractivity contribution in [3.63, 3.8) is 0 Å². The van der Waals surface area contributed by atoms with Crippen LogP contribution in [0.15, 0.2) is 24.3 Å². The van der Waals surface area contributed by atoms with Gasteiger partial charge in [-0.05, 0) is 44.9 Å². The number of hydrogen-bond acceptors (Lipinski definition) is 3. The number of anilines is 1. The predicted molar refractivity (Wildman–Crippen MR) is 97.2 cm³/mol. The molecule has 0 aliphatic heterocycles. The topological polar surface area (TPSA) is 61.4 Å². The van der Waals surface area contributed by atoms with E-state index in [1.54, 1.807) is 12.1 Å². The predicted octanol–water partition coefficient (Wildman–Crippen LogP) is 3.03. The quantitative estimate of drug-likeness (QED) is 0.842. The molecule has 0 spiro atoms. The standard InChI is InChI=1S/C19H29N3O2/c1-14(2)21-19(24)15-8-7-9-16(12-15)20-13-18(23)22(3)17-10-5-4-6-11-17/h7-9,12,14,17,20H,4-6,10-11,13H2,1-3H3,(H,21,24). The number of nitrogens with one attached hydrogen (secondary N) is 2. The fourth-order valence-electron chi connectivity index (χ4n) is 3.09. The number of nitrogens with zero attached hydrogens (tertiary/aromatic N) is 1. The molecule has 1 saturated carbocycles. The summed E-state index contributed by atoms with van der Waals surface area (Å²) in [6.45, 7) is 4.11. The van der Waals surface area contributed by atoms with Crippen LogP contribution in [0.4, 0.5) is 5.69 Å². The van der Waals surface area contributed by atoms with Crippen LogP contribution in [0.5, 0.6) is 0 Å². The highest BCUT2D eigenvalue weighted by molar-refractivity contribution is 5.95. The number of rotatable bonds is 6. The van der Waals surface area contributed by atoms with Crippen LogP contribution in [0.1, 0.15) is 56.3 Å². The number of benzene rings is 1. The van der Waals surface area contributed by atoms with Gasteiger partial charge in [0.15, 0.2) is 0 Å². The van der Waals surface area contributed by atoms with Crippen molar-refractivity contribution in [1.82, 2.24) is 10.2 Å². The lowest BCUT2D eigenvalue weighted by Crippen LogP contribution is -2.41. The Hall–Kier alpha value is -2.04. The summed E-state index contributed by atoms with van der Waals surface area (Å²) < 4.78 is 0. The van der Waals surface area contributed by atoms with Gasteiger partial charge in [0.1, 0.15) is 0 Å². The van der Waals surface area contributed by atoms with E-state index in [1.807, 2.05) is 37.9 Å². The molecule has 5 heteroatoms. The number of carbonyl (C=O) groups excluding carboxylic acids is 2. The van der Waals surface area contributed by atoms with Crippen molar-refractivity contribution in [2.24, 2.45) is 0 Å². The van der Waals surface area contributed by atoms with Crippen LogP contribution in [0, 0.1) is 0 Å². The number of likely N-dealkylation sites (N-methyl/N-ethyl adjacent to an activating group) is 1. The molecule has 0 saturated heterocycles. The molecule has 24 heavy (non-hydrogen) atoms. The molecule has 2 rings (SSSR count). The van der Waals surface area contributed by atoms with E-state index in [1.165, 1.54) is 19.3 Å². The molecule has 2 amide bonds. The van der Waals surface area contributed by atoms with Crippen molar-refractivity contribution in [2.45, 2.75) is 58.0 Å². The molecule has 2 N–H and O–H groups in total. The van der Waals surface area contributed by atoms with Gasteiger partial charge in [-0.3, -0.25) is 9.59 Å². The summed E-state index contributed by atoms with van der Waals surface area (Å²) in [4.78, 5) is 26.3. The van der Waals surface area contributed by atoms with E-state index in [2.05, 4.69) is 10.6 Å². The second-order valence-corrected chi connectivity index (χ2v) is 6.86. The number of amides is 2. The minimum atomic E-state index is -0.0979. The van der Waals surface area contributed by atoms with E-state index in [-0.39, 0.29) is 24.4 Å². The van der Waals surface area contributed by atoms with E-state index in [4.69, 9.17) is 0 Å². The highest BCUT2D eigenvalue weighted by atomic mass is 16.2. The summed E-state index contributed by atoms with van der Waals surface area (Å²) in [5.41, 5.74) is 1.39. The summed E-state index contributed by atoms with van der Waals surface area (Å²) in [6, 6.07) is 7.73. The smallest absolute Gasteiger partial charge is 0.251 e. The van der Waals surface area contributed by atoms with Gasteiger partial charge in [-0.15, -0.1) is 0 Å². The van der Waals surface area contributed by atoms with Crippen LogP contribution in [-0.2, 0) is 4.79 Å². The van der Waals surface area contributed by atoms with Crippen LogP contribution >= 0.6 is 0 Å². The Bertz CT molecular complexity index is 565. The molecule has 0 heterocycles. The Balaban J connectivity index is 1.89. The molecule has 0 radical (unpaired) electrons. The maximum atomic E-state index is 12.4. The first-order valence-corrected chi connectivity index (χ1v) is 8.88. The van der Waals surface area contributed by atoms with Gasteiger partial charge in [-0.2, -0.15) is 0 Å². The molecule has 5 nitrogen and oxygen atoms in total. The van der Waals surface area contributed by atoms with Crippen LogP contribution < -0.4 is 10.6 Å². The van der Waals surface area contributed by atoms with Crippen LogP contribution in [0.3, 0.4) is 0 Å². The average molecular weight is 331 g/mol. The van der Waals surface area contributed by atoms with Gasteiger partial charge in [0.2, 0.25) is 5.91 Å². The minimum absolute atomic E-state index is 0.0962. The lowest BCUT2D eigenvalue weighted by molar-refractivity contribution is -0.130. The monoisotopic (exact) mass is 331 g/mol. The summed E-state index contributed by atoms with van der Waals surface area (Å²) in [7, 11) is 1.90. The maximum Gasteiger partial charge on any atom is 0.251 e. The van der Waals surface area contributed by atoms with E-state index >= 15 is 0 Å². The van der Waals surface area contributed by atoms with Crippen molar-refractivity contribution >= 4 is 17.5 Å². The first-order chi connectivity index (χ1) is 11.5. The fourth-order valence-corrected chi connectivity index (χ4v) is 3.09. The van der Waals surface area contributed by atoms with Gasteiger partial charge in [0.05, 0.1) is 6.54 Å². The second kappa shape index (κ2) is 8.71. The van der Waals surface area contributed by atoms with Crippen LogP contribution in [0.25, 0.3) is 0 Å². The van der Waals surface area contributed by atoms with Crippen molar-refractivity contribution in [3.05, 3.63) is 29.8 Å². The van der Waals surface area contributed by atoms with Crippen molar-refractivity contribution in [3.8, 4) is 0 Å². The summed E-state index contributed by atoms with van der Waals surface area (Å²) in [5, 5.41) is 6.01. The second-order valence-electron chi connectivity index (χ2n) is 6.86. The molecule has 1 aromatic rings. The van der Waals surface area contributed by atoms with E-state index in [0.29, 0.717) is 11.6 Å². The summed E-state index contributed by atoms with van der Waals surface area (Å²) in [5.74, 6) is -0.00163. The number of hydrogen-bond donors (Lipinski definition) is 2. The maximum absolute atomic E-state index is 12.4. The average Bonchev–Trinajstić information content (AvgIpc) is 2.59. The van der Waals surface area contributed by atoms with E-state index in [0.717, 1.165) is 18.5 Å². The molecule has 132 valence electrons. The first-order valence-electron chi connectivity index (χ1n) is 8.88. The van der Waals surface area contributed by atoms with E-state index < -0.39 is 0 Å².